The van der Waals surface area contributed by atoms with Crippen molar-refractivity contribution in [2.75, 3.05) is 25.0 Å². The second kappa shape index (κ2) is 5.56. The van der Waals surface area contributed by atoms with Crippen LogP contribution in [0.25, 0.3) is 11.3 Å². The van der Waals surface area contributed by atoms with Crippen molar-refractivity contribution in [1.29, 1.82) is 0 Å². The largest absolute Gasteiger partial charge is 0.476 e. The first-order valence-corrected chi connectivity index (χ1v) is 6.85. The van der Waals surface area contributed by atoms with Crippen molar-refractivity contribution >= 4 is 23.5 Å². The molecule has 118 valence electrons. The molecule has 1 aliphatic heterocycles. The summed E-state index contributed by atoms with van der Waals surface area (Å²) in [7, 11) is 1.57. The van der Waals surface area contributed by atoms with Crippen LogP contribution in [0.3, 0.4) is 0 Å². The number of piperazine rings is 1. The van der Waals surface area contributed by atoms with Gasteiger partial charge in [0.1, 0.15) is 0 Å². The number of likely N-dealkylation sites (N-methyl/N-ethyl adjacent to an activating group) is 1. The lowest BCUT2D eigenvalue weighted by Gasteiger charge is -2.32. The summed E-state index contributed by atoms with van der Waals surface area (Å²) >= 11 is 0. The number of para-hydroxylation sites is 1. The van der Waals surface area contributed by atoms with Gasteiger partial charge in [0.15, 0.2) is 11.5 Å². The summed E-state index contributed by atoms with van der Waals surface area (Å²) in [6, 6.07) is 8.09. The average Bonchev–Trinajstić information content (AvgIpc) is 3.03. The average molecular weight is 315 g/mol. The van der Waals surface area contributed by atoms with Gasteiger partial charge in [0.2, 0.25) is 0 Å². The van der Waals surface area contributed by atoms with Crippen molar-refractivity contribution in [3.05, 3.63) is 36.0 Å². The topological polar surface area (TPSA) is 104 Å². The molecule has 1 N–H and O–H groups in total. The molecule has 3 rings (SSSR count). The summed E-state index contributed by atoms with van der Waals surface area (Å²) in [5.41, 5.74) is 0.751. The number of carboxylic acid groups (broad SMARTS) is 1. The van der Waals surface area contributed by atoms with Crippen LogP contribution >= 0.6 is 0 Å². The molecule has 0 saturated carbocycles. The van der Waals surface area contributed by atoms with Gasteiger partial charge in [-0.3, -0.25) is 9.59 Å². The number of carbonyl (C=O) groups is 3. The van der Waals surface area contributed by atoms with Gasteiger partial charge >= 0.3 is 17.8 Å². The Labute approximate surface area is 130 Å². The molecule has 1 aliphatic rings. The van der Waals surface area contributed by atoms with E-state index in [4.69, 9.17) is 9.63 Å². The van der Waals surface area contributed by atoms with E-state index in [1.165, 1.54) is 15.9 Å². The predicted molar refractivity (Wildman–Crippen MR) is 78.9 cm³/mol. The molecule has 0 spiro atoms. The third kappa shape index (κ3) is 2.54. The molecule has 2 heterocycles. The molecule has 2 aromatic rings. The Morgan fingerprint density at radius 3 is 2.65 bits per heavy atom. The fourth-order valence-electron chi connectivity index (χ4n) is 2.38. The number of anilines is 1. The van der Waals surface area contributed by atoms with E-state index in [1.807, 2.05) is 0 Å². The fraction of sp³-hybridized carbons (Fsp3) is 0.200. The van der Waals surface area contributed by atoms with Crippen molar-refractivity contribution in [2.45, 2.75) is 0 Å². The van der Waals surface area contributed by atoms with Crippen molar-refractivity contribution in [3.8, 4) is 11.3 Å². The van der Waals surface area contributed by atoms with E-state index in [9.17, 15) is 14.4 Å². The zero-order chi connectivity index (χ0) is 16.6. The minimum atomic E-state index is -1.21. The van der Waals surface area contributed by atoms with E-state index in [2.05, 4.69) is 5.16 Å². The van der Waals surface area contributed by atoms with Crippen LogP contribution in [0.1, 0.15) is 10.5 Å². The first-order chi connectivity index (χ1) is 11.0. The third-order valence-corrected chi connectivity index (χ3v) is 3.62. The highest BCUT2D eigenvalue weighted by molar-refractivity contribution is 6.41. The number of amides is 2. The Morgan fingerprint density at radius 1 is 1.22 bits per heavy atom. The quantitative estimate of drug-likeness (QED) is 0.842. The Balaban J connectivity index is 2.02. The summed E-state index contributed by atoms with van der Waals surface area (Å²) in [6.07, 6.45) is 0. The van der Waals surface area contributed by atoms with Crippen LogP contribution in [0.2, 0.25) is 0 Å². The molecule has 0 bridgehead atoms. The van der Waals surface area contributed by atoms with Crippen LogP contribution in [0.4, 0.5) is 5.69 Å². The Kier molecular flexibility index (Phi) is 3.57. The van der Waals surface area contributed by atoms with Crippen molar-refractivity contribution in [2.24, 2.45) is 0 Å². The number of aromatic nitrogens is 1. The van der Waals surface area contributed by atoms with Crippen LogP contribution in [0.5, 0.6) is 0 Å². The zero-order valence-corrected chi connectivity index (χ0v) is 12.2. The smallest absolute Gasteiger partial charge is 0.358 e. The number of benzene rings is 1. The molecule has 0 radical (unpaired) electrons. The molecule has 23 heavy (non-hydrogen) atoms. The first kappa shape index (κ1) is 14.8. The highest BCUT2D eigenvalue weighted by Crippen LogP contribution is 2.32. The lowest BCUT2D eigenvalue weighted by Crippen LogP contribution is -2.53. The first-order valence-electron chi connectivity index (χ1n) is 6.85. The van der Waals surface area contributed by atoms with Crippen LogP contribution in [-0.2, 0) is 9.59 Å². The number of hydrogen-bond donors (Lipinski definition) is 1. The SMILES string of the molecule is CN1CCN(c2ccccc2-c2cc(C(=O)O)no2)C(=O)C1=O. The van der Waals surface area contributed by atoms with Gasteiger partial charge in [0.25, 0.3) is 0 Å². The molecule has 8 nitrogen and oxygen atoms in total. The summed E-state index contributed by atoms with van der Waals surface area (Å²) in [4.78, 5) is 37.7. The number of carbonyl (C=O) groups excluding carboxylic acids is 2. The second-order valence-electron chi connectivity index (χ2n) is 5.08. The monoisotopic (exact) mass is 315 g/mol. The van der Waals surface area contributed by atoms with E-state index >= 15 is 0 Å². The van der Waals surface area contributed by atoms with E-state index in [1.54, 1.807) is 31.3 Å². The van der Waals surface area contributed by atoms with Gasteiger partial charge in [0, 0.05) is 31.8 Å². The lowest BCUT2D eigenvalue weighted by atomic mass is 10.1. The molecule has 1 fully saturated rings. The molecule has 8 heteroatoms. The van der Waals surface area contributed by atoms with Crippen molar-refractivity contribution in [3.63, 3.8) is 0 Å². The fourth-order valence-corrected chi connectivity index (χ4v) is 2.38. The van der Waals surface area contributed by atoms with Gasteiger partial charge in [-0.1, -0.05) is 17.3 Å². The highest BCUT2D eigenvalue weighted by Gasteiger charge is 2.32. The molecule has 1 aromatic carbocycles. The number of rotatable bonds is 3. The number of aromatic carboxylic acids is 1. The van der Waals surface area contributed by atoms with Crippen LogP contribution in [0.15, 0.2) is 34.9 Å². The van der Waals surface area contributed by atoms with Crippen molar-refractivity contribution < 1.29 is 24.0 Å². The summed E-state index contributed by atoms with van der Waals surface area (Å²) < 4.78 is 5.06. The van der Waals surface area contributed by atoms with Gasteiger partial charge in [-0.25, -0.2) is 4.79 Å². The maximum Gasteiger partial charge on any atom is 0.358 e. The summed E-state index contributed by atoms with van der Waals surface area (Å²) in [6.45, 7) is 0.758. The van der Waals surface area contributed by atoms with Gasteiger partial charge in [-0.05, 0) is 12.1 Å². The van der Waals surface area contributed by atoms with Gasteiger partial charge in [0.05, 0.1) is 5.69 Å². The van der Waals surface area contributed by atoms with Gasteiger partial charge in [-0.2, -0.15) is 0 Å². The standard InChI is InChI=1S/C15H13N3O5/c1-17-6-7-18(14(20)13(17)19)11-5-3-2-4-9(11)12-8-10(15(21)22)16-23-12/h2-5,8H,6-7H2,1H3,(H,21,22). The second-order valence-corrected chi connectivity index (χ2v) is 5.08. The zero-order valence-electron chi connectivity index (χ0n) is 12.2. The molecule has 0 atom stereocenters. The number of nitrogens with zero attached hydrogens (tertiary/aromatic N) is 3. The van der Waals surface area contributed by atoms with E-state index < -0.39 is 17.8 Å². The molecule has 1 aromatic heterocycles. The maximum atomic E-state index is 12.2. The highest BCUT2D eigenvalue weighted by atomic mass is 16.5. The Bertz CT molecular complexity index is 798. The van der Waals surface area contributed by atoms with E-state index in [0.29, 0.717) is 24.3 Å². The molecule has 0 aliphatic carbocycles. The van der Waals surface area contributed by atoms with Gasteiger partial charge in [-0.15, -0.1) is 0 Å². The third-order valence-electron chi connectivity index (χ3n) is 3.62. The van der Waals surface area contributed by atoms with Crippen LogP contribution in [0, 0.1) is 0 Å². The van der Waals surface area contributed by atoms with Crippen LogP contribution in [-0.4, -0.2) is 53.1 Å². The molecular weight excluding hydrogens is 302 g/mol. The normalized spacial score (nSPS) is 15.2. The summed E-state index contributed by atoms with van der Waals surface area (Å²) in [5.74, 6) is -2.21. The van der Waals surface area contributed by atoms with E-state index in [-0.39, 0.29) is 11.5 Å². The molecule has 2 amide bonds. The lowest BCUT2D eigenvalue weighted by molar-refractivity contribution is -0.145. The number of carboxylic acids is 1. The van der Waals surface area contributed by atoms with Crippen LogP contribution < -0.4 is 4.90 Å². The Hall–Kier alpha value is -3.16. The van der Waals surface area contributed by atoms with Crippen molar-refractivity contribution in [1.82, 2.24) is 10.1 Å². The minimum absolute atomic E-state index is 0.220. The molecule has 0 unspecified atom stereocenters. The molecule has 1 saturated heterocycles. The van der Waals surface area contributed by atoms with Gasteiger partial charge < -0.3 is 19.4 Å². The van der Waals surface area contributed by atoms with E-state index in [0.717, 1.165) is 0 Å². The Morgan fingerprint density at radius 2 is 1.96 bits per heavy atom. The summed E-state index contributed by atoms with van der Waals surface area (Å²) in [5, 5.41) is 12.4. The predicted octanol–water partition coefficient (Wildman–Crippen LogP) is 0.845. The molecular formula is C15H13N3O5. The number of hydrogen-bond acceptors (Lipinski definition) is 5. The minimum Gasteiger partial charge on any atom is -0.476 e. The maximum absolute atomic E-state index is 12.2.